The van der Waals surface area contributed by atoms with Gasteiger partial charge in [-0.2, -0.15) is 0 Å². The predicted molar refractivity (Wildman–Crippen MR) is 36.8 cm³/mol. The molecular formula is C7H6FNO3. The zero-order chi connectivity index (χ0) is 9.14. The number of nitrogens with zero attached hydrogens (tertiary/aromatic N) is 1. The molecule has 0 fully saturated rings. The summed E-state index contributed by atoms with van der Waals surface area (Å²) in [6, 6.07) is 1.94. The van der Waals surface area contributed by atoms with E-state index in [-0.39, 0.29) is 5.69 Å². The third-order valence-electron chi connectivity index (χ3n) is 1.26. The highest BCUT2D eigenvalue weighted by atomic mass is 19.1. The van der Waals surface area contributed by atoms with Gasteiger partial charge in [0.25, 0.3) is 0 Å². The fourth-order valence-corrected chi connectivity index (χ4v) is 0.697. The molecule has 1 unspecified atom stereocenters. The molecule has 0 spiro atoms. The van der Waals surface area contributed by atoms with Crippen LogP contribution >= 0.6 is 0 Å². The van der Waals surface area contributed by atoms with Gasteiger partial charge in [0.15, 0.2) is 6.10 Å². The number of hydrogen-bond acceptors (Lipinski definition) is 3. The summed E-state index contributed by atoms with van der Waals surface area (Å²) in [5, 5.41) is 17.2. The van der Waals surface area contributed by atoms with Crippen LogP contribution in [0.25, 0.3) is 0 Å². The maximum atomic E-state index is 12.4. The van der Waals surface area contributed by atoms with Crippen LogP contribution in [0.5, 0.6) is 0 Å². The number of carboxylic acids is 1. The summed E-state index contributed by atoms with van der Waals surface area (Å²) in [5.74, 6) is -2.08. The van der Waals surface area contributed by atoms with Crippen LogP contribution in [-0.2, 0) is 4.79 Å². The van der Waals surface area contributed by atoms with Crippen LogP contribution in [0.1, 0.15) is 11.8 Å². The second-order valence-electron chi connectivity index (χ2n) is 2.14. The van der Waals surface area contributed by atoms with Gasteiger partial charge in [-0.15, -0.1) is 0 Å². The molecule has 2 N–H and O–H groups in total. The zero-order valence-electron chi connectivity index (χ0n) is 5.94. The van der Waals surface area contributed by atoms with Crippen molar-refractivity contribution in [3.63, 3.8) is 0 Å². The van der Waals surface area contributed by atoms with Gasteiger partial charge in [-0.05, 0) is 12.1 Å². The van der Waals surface area contributed by atoms with Crippen LogP contribution in [0.15, 0.2) is 18.3 Å². The number of halogens is 1. The van der Waals surface area contributed by atoms with Gasteiger partial charge in [-0.25, -0.2) is 9.18 Å². The highest BCUT2D eigenvalue weighted by molar-refractivity contribution is 5.73. The first-order valence-corrected chi connectivity index (χ1v) is 3.13. The van der Waals surface area contributed by atoms with Crippen LogP contribution < -0.4 is 0 Å². The maximum Gasteiger partial charge on any atom is 0.338 e. The molecule has 1 heterocycles. The number of carbonyl (C=O) groups is 1. The Hall–Kier alpha value is -1.49. The van der Waals surface area contributed by atoms with E-state index >= 15 is 0 Å². The average molecular weight is 171 g/mol. The van der Waals surface area contributed by atoms with E-state index in [1.54, 1.807) is 0 Å². The van der Waals surface area contributed by atoms with Crippen LogP contribution in [0.2, 0.25) is 0 Å². The fraction of sp³-hybridized carbons (Fsp3) is 0.143. The van der Waals surface area contributed by atoms with Gasteiger partial charge in [0.2, 0.25) is 0 Å². The van der Waals surface area contributed by atoms with Crippen molar-refractivity contribution in [2.45, 2.75) is 6.10 Å². The Labute approximate surface area is 67.3 Å². The van der Waals surface area contributed by atoms with Crippen molar-refractivity contribution in [3.8, 4) is 0 Å². The Balaban J connectivity index is 2.95. The number of aliphatic hydroxyl groups excluding tert-OH is 1. The molecule has 1 atom stereocenters. The quantitative estimate of drug-likeness (QED) is 0.673. The van der Waals surface area contributed by atoms with Gasteiger partial charge in [-0.3, -0.25) is 4.98 Å². The summed E-state index contributed by atoms with van der Waals surface area (Å²) in [6.07, 6.45) is -0.669. The first-order valence-electron chi connectivity index (χ1n) is 3.13. The summed E-state index contributed by atoms with van der Waals surface area (Å²) in [7, 11) is 0. The molecular weight excluding hydrogens is 165 g/mol. The Morgan fingerprint density at radius 3 is 2.83 bits per heavy atom. The summed E-state index contributed by atoms with van der Waals surface area (Å²) in [6.45, 7) is 0. The minimum atomic E-state index is -1.76. The molecule has 0 aliphatic rings. The summed E-state index contributed by atoms with van der Waals surface area (Å²) in [5.41, 5.74) is -0.206. The van der Waals surface area contributed by atoms with Crippen LogP contribution in [0.3, 0.4) is 0 Å². The number of hydrogen-bond donors (Lipinski definition) is 2. The van der Waals surface area contributed by atoms with Crippen molar-refractivity contribution in [1.29, 1.82) is 0 Å². The predicted octanol–water partition coefficient (Wildman–Crippen LogP) is 0.339. The third kappa shape index (κ3) is 1.76. The molecule has 4 nitrogen and oxygen atoms in total. The lowest BCUT2D eigenvalue weighted by Gasteiger charge is -2.02. The van der Waals surface area contributed by atoms with E-state index < -0.39 is 17.9 Å². The molecule has 0 aliphatic heterocycles. The first-order chi connectivity index (χ1) is 5.61. The molecule has 0 amide bonds. The number of pyridine rings is 1. The Bertz CT molecular complexity index is 302. The molecule has 64 valence electrons. The van der Waals surface area contributed by atoms with Crippen LogP contribution in [0.4, 0.5) is 4.39 Å². The van der Waals surface area contributed by atoms with Gasteiger partial charge in [0.05, 0.1) is 5.69 Å². The lowest BCUT2D eigenvalue weighted by Crippen LogP contribution is -2.12. The van der Waals surface area contributed by atoms with E-state index in [2.05, 4.69) is 4.98 Å². The first kappa shape index (κ1) is 8.61. The molecule has 12 heavy (non-hydrogen) atoms. The van der Waals surface area contributed by atoms with E-state index in [9.17, 15) is 9.18 Å². The summed E-state index contributed by atoms with van der Waals surface area (Å²) in [4.78, 5) is 13.7. The van der Waals surface area contributed by atoms with Crippen molar-refractivity contribution in [1.82, 2.24) is 4.98 Å². The smallest absolute Gasteiger partial charge is 0.338 e. The van der Waals surface area contributed by atoms with Crippen molar-refractivity contribution in [2.75, 3.05) is 0 Å². The molecule has 1 aromatic heterocycles. The van der Waals surface area contributed by atoms with Gasteiger partial charge in [0.1, 0.15) is 5.82 Å². The molecule has 0 aromatic carbocycles. The van der Waals surface area contributed by atoms with E-state index in [0.29, 0.717) is 0 Å². The number of rotatable bonds is 2. The summed E-state index contributed by atoms with van der Waals surface area (Å²) >= 11 is 0. The minimum absolute atomic E-state index is 0.206. The average Bonchev–Trinajstić information content (AvgIpc) is 2.03. The molecule has 0 radical (unpaired) electrons. The van der Waals surface area contributed by atoms with Crippen molar-refractivity contribution >= 4 is 5.97 Å². The molecule has 0 aliphatic carbocycles. The fourth-order valence-electron chi connectivity index (χ4n) is 0.697. The maximum absolute atomic E-state index is 12.4. The van der Waals surface area contributed by atoms with Crippen molar-refractivity contribution < 1.29 is 19.4 Å². The van der Waals surface area contributed by atoms with E-state index in [4.69, 9.17) is 10.2 Å². The van der Waals surface area contributed by atoms with Crippen LogP contribution in [0, 0.1) is 5.82 Å². The molecule has 1 aromatic rings. The van der Waals surface area contributed by atoms with E-state index in [0.717, 1.165) is 18.3 Å². The van der Waals surface area contributed by atoms with Gasteiger partial charge >= 0.3 is 5.97 Å². The summed E-state index contributed by atoms with van der Waals surface area (Å²) < 4.78 is 12.4. The molecule has 0 saturated heterocycles. The lowest BCUT2D eigenvalue weighted by molar-refractivity contribution is -0.147. The lowest BCUT2D eigenvalue weighted by atomic mass is 10.2. The standard InChI is InChI=1S/C7H6FNO3/c8-4-1-2-9-5(3-4)6(10)7(11)12/h1-3,6,10H,(H,11,12). The van der Waals surface area contributed by atoms with E-state index in [1.165, 1.54) is 0 Å². The van der Waals surface area contributed by atoms with Gasteiger partial charge < -0.3 is 10.2 Å². The van der Waals surface area contributed by atoms with E-state index in [1.807, 2.05) is 0 Å². The van der Waals surface area contributed by atoms with Crippen molar-refractivity contribution in [2.24, 2.45) is 0 Å². The Morgan fingerprint density at radius 1 is 1.67 bits per heavy atom. The molecule has 0 saturated carbocycles. The minimum Gasteiger partial charge on any atom is -0.479 e. The SMILES string of the molecule is O=C(O)C(O)c1cc(F)ccn1. The number of carboxylic acid groups (broad SMARTS) is 1. The number of aliphatic hydroxyl groups is 1. The third-order valence-corrected chi connectivity index (χ3v) is 1.26. The second kappa shape index (κ2) is 3.27. The monoisotopic (exact) mass is 171 g/mol. The highest BCUT2D eigenvalue weighted by Gasteiger charge is 2.17. The van der Waals surface area contributed by atoms with Crippen molar-refractivity contribution in [3.05, 3.63) is 29.8 Å². The Morgan fingerprint density at radius 2 is 2.33 bits per heavy atom. The Kier molecular flexibility index (Phi) is 2.35. The number of aliphatic carboxylic acids is 1. The zero-order valence-corrected chi connectivity index (χ0v) is 5.94. The molecule has 5 heteroatoms. The normalized spacial score (nSPS) is 12.5. The van der Waals surface area contributed by atoms with Crippen LogP contribution in [-0.4, -0.2) is 21.2 Å². The largest absolute Gasteiger partial charge is 0.479 e. The molecule has 1 rings (SSSR count). The topological polar surface area (TPSA) is 70.4 Å². The molecule has 0 bridgehead atoms. The van der Waals surface area contributed by atoms with Gasteiger partial charge in [-0.1, -0.05) is 0 Å². The highest BCUT2D eigenvalue weighted by Crippen LogP contribution is 2.10. The second-order valence-corrected chi connectivity index (χ2v) is 2.14. The van der Waals surface area contributed by atoms with Gasteiger partial charge in [0, 0.05) is 6.20 Å². The number of aromatic nitrogens is 1.